The van der Waals surface area contributed by atoms with Crippen LogP contribution in [0.15, 0.2) is 24.3 Å². The van der Waals surface area contributed by atoms with Gasteiger partial charge in [0.25, 0.3) is 0 Å². The molecule has 7 heteroatoms. The smallest absolute Gasteiger partial charge is 0.316 e. The fourth-order valence-electron chi connectivity index (χ4n) is 2.79. The number of carbonyl (C=O) groups excluding carboxylic acids is 2. The van der Waals surface area contributed by atoms with Gasteiger partial charge in [-0.05, 0) is 43.9 Å². The Kier molecular flexibility index (Phi) is 7.53. The lowest BCUT2D eigenvalue weighted by atomic mass is 10.1. The van der Waals surface area contributed by atoms with Crippen molar-refractivity contribution in [3.8, 4) is 5.75 Å². The molecule has 1 aromatic carbocycles. The Bertz CT molecular complexity index is 562. The van der Waals surface area contributed by atoms with E-state index < -0.39 is 6.04 Å². The molecule has 1 aliphatic heterocycles. The predicted octanol–water partition coefficient (Wildman–Crippen LogP) is 1.74. The van der Waals surface area contributed by atoms with Gasteiger partial charge in [0.2, 0.25) is 5.91 Å². The summed E-state index contributed by atoms with van der Waals surface area (Å²) < 4.78 is 10.6. The quantitative estimate of drug-likeness (QED) is 0.700. The number of urea groups is 1. The lowest BCUT2D eigenvalue weighted by Gasteiger charge is -2.21. The Hall–Kier alpha value is -2.28. The number of benzene rings is 1. The van der Waals surface area contributed by atoms with Crippen molar-refractivity contribution >= 4 is 11.9 Å². The number of hydrogen-bond acceptors (Lipinski definition) is 4. The van der Waals surface area contributed by atoms with Crippen molar-refractivity contribution in [2.24, 2.45) is 0 Å². The van der Waals surface area contributed by atoms with Crippen LogP contribution < -0.4 is 20.7 Å². The number of nitrogens with one attached hydrogen (secondary N) is 3. The minimum atomic E-state index is -0.494. The molecule has 0 saturated carbocycles. The van der Waals surface area contributed by atoms with Crippen LogP contribution in [0.4, 0.5) is 4.79 Å². The van der Waals surface area contributed by atoms with Gasteiger partial charge in [-0.25, -0.2) is 4.79 Å². The van der Waals surface area contributed by atoms with E-state index in [0.29, 0.717) is 26.2 Å². The van der Waals surface area contributed by atoms with Gasteiger partial charge in [0.05, 0.1) is 19.3 Å². The molecule has 1 aliphatic rings. The van der Waals surface area contributed by atoms with Crippen LogP contribution in [-0.2, 0) is 9.53 Å². The molecule has 1 fully saturated rings. The summed E-state index contributed by atoms with van der Waals surface area (Å²) >= 11 is 0. The second kappa shape index (κ2) is 9.88. The first-order valence-corrected chi connectivity index (χ1v) is 8.70. The van der Waals surface area contributed by atoms with Gasteiger partial charge in [-0.3, -0.25) is 4.79 Å². The zero-order valence-electron chi connectivity index (χ0n) is 14.8. The zero-order valence-corrected chi connectivity index (χ0v) is 14.8. The molecule has 2 rings (SSSR count). The van der Waals surface area contributed by atoms with Gasteiger partial charge in [0.1, 0.15) is 11.8 Å². The molecule has 1 heterocycles. The number of carbonyl (C=O) groups is 2. The van der Waals surface area contributed by atoms with Crippen LogP contribution in [0, 0.1) is 0 Å². The third-order valence-electron chi connectivity index (χ3n) is 4.07. The molecule has 1 aromatic rings. The fraction of sp³-hybridized carbons (Fsp3) is 0.556. The van der Waals surface area contributed by atoms with E-state index >= 15 is 0 Å². The maximum absolute atomic E-state index is 12.3. The summed E-state index contributed by atoms with van der Waals surface area (Å²) in [4.78, 5) is 24.3. The molecule has 0 radical (unpaired) electrons. The Morgan fingerprint density at radius 1 is 1.32 bits per heavy atom. The van der Waals surface area contributed by atoms with Gasteiger partial charge in [0, 0.05) is 13.7 Å². The highest BCUT2D eigenvalue weighted by Gasteiger charge is 2.23. The van der Waals surface area contributed by atoms with Crippen LogP contribution >= 0.6 is 0 Å². The molecule has 0 aliphatic carbocycles. The predicted molar refractivity (Wildman–Crippen MR) is 94.5 cm³/mol. The van der Waals surface area contributed by atoms with Gasteiger partial charge in [-0.1, -0.05) is 12.1 Å². The van der Waals surface area contributed by atoms with Crippen LogP contribution in [0.1, 0.15) is 37.8 Å². The van der Waals surface area contributed by atoms with Crippen molar-refractivity contribution in [3.63, 3.8) is 0 Å². The van der Waals surface area contributed by atoms with Crippen LogP contribution in [-0.4, -0.2) is 44.8 Å². The molecular weight excluding hydrogens is 322 g/mol. The standard InChI is InChI=1S/C18H27N3O4/c1-3-25-14-9-7-13(8-10-14)16(12-24-2)21-18(23)20-15-6-4-5-11-19-17(15)22/h7-10,15-16H,3-6,11-12H2,1-2H3,(H,19,22)(H2,20,21,23)/t15-,16+/m0/s1. The minimum absolute atomic E-state index is 0.128. The number of amides is 3. The number of hydrogen-bond donors (Lipinski definition) is 3. The first kappa shape index (κ1) is 19.1. The fourth-order valence-corrected chi connectivity index (χ4v) is 2.79. The summed E-state index contributed by atoms with van der Waals surface area (Å²) in [6, 6.07) is 6.33. The largest absolute Gasteiger partial charge is 0.494 e. The number of ether oxygens (including phenoxy) is 2. The molecule has 3 N–H and O–H groups in total. The van der Waals surface area contributed by atoms with Gasteiger partial charge in [0.15, 0.2) is 0 Å². The van der Waals surface area contributed by atoms with Crippen molar-refractivity contribution in [2.75, 3.05) is 26.9 Å². The van der Waals surface area contributed by atoms with E-state index in [1.54, 1.807) is 7.11 Å². The average Bonchev–Trinajstić information content (AvgIpc) is 2.80. The molecule has 25 heavy (non-hydrogen) atoms. The average molecular weight is 349 g/mol. The highest BCUT2D eigenvalue weighted by molar-refractivity contribution is 5.87. The Labute approximate surface area is 148 Å². The SMILES string of the molecule is CCOc1ccc([C@@H](COC)NC(=O)N[C@H]2CCCCNC2=O)cc1. The summed E-state index contributed by atoms with van der Waals surface area (Å²) in [5.74, 6) is 0.652. The molecule has 7 nitrogen and oxygen atoms in total. The Morgan fingerprint density at radius 2 is 2.08 bits per heavy atom. The Balaban J connectivity index is 1.97. The van der Waals surface area contributed by atoms with Crippen molar-refractivity contribution < 1.29 is 19.1 Å². The van der Waals surface area contributed by atoms with E-state index in [4.69, 9.17) is 9.47 Å². The molecule has 3 amide bonds. The second-order valence-electron chi connectivity index (χ2n) is 5.97. The van der Waals surface area contributed by atoms with Crippen LogP contribution in [0.2, 0.25) is 0 Å². The summed E-state index contributed by atoms with van der Waals surface area (Å²) in [5.41, 5.74) is 0.908. The second-order valence-corrected chi connectivity index (χ2v) is 5.97. The monoisotopic (exact) mass is 349 g/mol. The molecule has 0 aromatic heterocycles. The lowest BCUT2D eigenvalue weighted by Crippen LogP contribution is -2.50. The van der Waals surface area contributed by atoms with Crippen LogP contribution in [0.5, 0.6) is 5.75 Å². The number of methoxy groups -OCH3 is 1. The van der Waals surface area contributed by atoms with E-state index in [2.05, 4.69) is 16.0 Å². The lowest BCUT2D eigenvalue weighted by molar-refractivity contribution is -0.122. The van der Waals surface area contributed by atoms with Gasteiger partial charge >= 0.3 is 6.03 Å². The van der Waals surface area contributed by atoms with E-state index in [1.807, 2.05) is 31.2 Å². The molecule has 0 bridgehead atoms. The van der Waals surface area contributed by atoms with Crippen LogP contribution in [0.3, 0.4) is 0 Å². The molecule has 138 valence electrons. The first-order valence-electron chi connectivity index (χ1n) is 8.70. The van der Waals surface area contributed by atoms with E-state index in [0.717, 1.165) is 24.2 Å². The third-order valence-corrected chi connectivity index (χ3v) is 4.07. The Morgan fingerprint density at radius 3 is 2.76 bits per heavy atom. The topological polar surface area (TPSA) is 88.7 Å². The highest BCUT2D eigenvalue weighted by Crippen LogP contribution is 2.18. The van der Waals surface area contributed by atoms with Crippen LogP contribution in [0.25, 0.3) is 0 Å². The molecular formula is C18H27N3O4. The van der Waals surface area contributed by atoms with Gasteiger partial charge < -0.3 is 25.4 Å². The highest BCUT2D eigenvalue weighted by atomic mass is 16.5. The normalized spacial score (nSPS) is 18.6. The molecule has 0 spiro atoms. The first-order chi connectivity index (χ1) is 12.1. The minimum Gasteiger partial charge on any atom is -0.494 e. The number of rotatable bonds is 7. The maximum Gasteiger partial charge on any atom is 0.316 e. The molecule has 2 atom stereocenters. The van der Waals surface area contributed by atoms with E-state index in [-0.39, 0.29) is 18.0 Å². The van der Waals surface area contributed by atoms with Crippen molar-refractivity contribution in [1.82, 2.24) is 16.0 Å². The zero-order chi connectivity index (χ0) is 18.1. The summed E-state index contributed by atoms with van der Waals surface area (Å²) in [6.45, 7) is 3.53. The molecule has 0 unspecified atom stereocenters. The van der Waals surface area contributed by atoms with Crippen molar-refractivity contribution in [2.45, 2.75) is 38.3 Å². The third kappa shape index (κ3) is 5.94. The van der Waals surface area contributed by atoms with Gasteiger partial charge in [-0.15, -0.1) is 0 Å². The van der Waals surface area contributed by atoms with Gasteiger partial charge in [-0.2, -0.15) is 0 Å². The van der Waals surface area contributed by atoms with E-state index in [9.17, 15) is 9.59 Å². The summed E-state index contributed by atoms with van der Waals surface area (Å²) in [5, 5.41) is 8.44. The van der Waals surface area contributed by atoms with E-state index in [1.165, 1.54) is 0 Å². The maximum atomic E-state index is 12.3. The summed E-state index contributed by atoms with van der Waals surface area (Å²) in [7, 11) is 1.58. The van der Waals surface area contributed by atoms with Crippen molar-refractivity contribution in [1.29, 1.82) is 0 Å². The van der Waals surface area contributed by atoms with Crippen molar-refractivity contribution in [3.05, 3.63) is 29.8 Å². The summed E-state index contributed by atoms with van der Waals surface area (Å²) in [6.07, 6.45) is 2.49. The molecule has 1 saturated heterocycles.